The van der Waals surface area contributed by atoms with E-state index in [4.69, 9.17) is 0 Å². The van der Waals surface area contributed by atoms with E-state index in [1.807, 2.05) is 23.1 Å². The van der Waals surface area contributed by atoms with Gasteiger partial charge in [-0.15, -0.1) is 0 Å². The van der Waals surface area contributed by atoms with E-state index in [1.54, 1.807) is 0 Å². The molecule has 0 fully saturated rings. The van der Waals surface area contributed by atoms with Crippen LogP contribution >= 0.6 is 0 Å². The van der Waals surface area contributed by atoms with Crippen molar-refractivity contribution in [2.24, 2.45) is 0 Å². The number of carbonyl (C=O) groups excluding carboxylic acids is 1. The van der Waals surface area contributed by atoms with E-state index in [0.29, 0.717) is 0 Å². The van der Waals surface area contributed by atoms with E-state index >= 15 is 0 Å². The zero-order chi connectivity index (χ0) is 11.4. The summed E-state index contributed by atoms with van der Waals surface area (Å²) in [6, 6.07) is 7.91. The molecule has 0 bridgehead atoms. The molecule has 0 unspecified atom stereocenters. The van der Waals surface area contributed by atoms with E-state index in [9.17, 15) is 4.79 Å². The third kappa shape index (κ3) is 2.25. The SMILES string of the molecule is CCNCCN1CCc2ccccc2C1=O. The molecule has 1 heterocycles. The summed E-state index contributed by atoms with van der Waals surface area (Å²) in [5, 5.41) is 3.25. The Morgan fingerprint density at radius 2 is 2.19 bits per heavy atom. The lowest BCUT2D eigenvalue weighted by molar-refractivity contribution is 0.0741. The molecule has 0 atom stereocenters. The Bertz CT molecular complexity index is 376. The smallest absolute Gasteiger partial charge is 0.254 e. The maximum absolute atomic E-state index is 12.1. The fourth-order valence-corrected chi connectivity index (χ4v) is 2.08. The van der Waals surface area contributed by atoms with Crippen LogP contribution in [0.1, 0.15) is 22.8 Å². The van der Waals surface area contributed by atoms with Gasteiger partial charge in [-0.05, 0) is 24.6 Å². The number of carbonyl (C=O) groups is 1. The van der Waals surface area contributed by atoms with Gasteiger partial charge in [0.1, 0.15) is 0 Å². The van der Waals surface area contributed by atoms with Gasteiger partial charge in [-0.1, -0.05) is 25.1 Å². The normalized spacial score (nSPS) is 15.1. The first kappa shape index (κ1) is 11.1. The third-order valence-corrected chi connectivity index (χ3v) is 2.99. The molecule has 1 aromatic rings. The standard InChI is InChI=1S/C13H18N2O/c1-2-14-8-10-15-9-7-11-5-3-4-6-12(11)13(15)16/h3-6,14H,2,7-10H2,1H3. The molecule has 0 saturated heterocycles. The zero-order valence-electron chi connectivity index (χ0n) is 9.70. The van der Waals surface area contributed by atoms with Gasteiger partial charge in [0.25, 0.3) is 5.91 Å². The summed E-state index contributed by atoms with van der Waals surface area (Å²) in [5.74, 6) is 0.180. The molecule has 1 aliphatic heterocycles. The van der Waals surface area contributed by atoms with E-state index in [0.717, 1.165) is 38.2 Å². The van der Waals surface area contributed by atoms with Crippen LogP contribution in [0.25, 0.3) is 0 Å². The van der Waals surface area contributed by atoms with Gasteiger partial charge in [0.15, 0.2) is 0 Å². The second-order valence-corrected chi connectivity index (χ2v) is 4.05. The summed E-state index contributed by atoms with van der Waals surface area (Å²) >= 11 is 0. The Hall–Kier alpha value is -1.35. The summed E-state index contributed by atoms with van der Waals surface area (Å²) in [7, 11) is 0. The minimum atomic E-state index is 0.180. The molecule has 16 heavy (non-hydrogen) atoms. The van der Waals surface area contributed by atoms with Crippen molar-refractivity contribution in [1.82, 2.24) is 10.2 Å². The first-order chi connectivity index (χ1) is 7.83. The minimum Gasteiger partial charge on any atom is -0.337 e. The quantitative estimate of drug-likeness (QED) is 0.772. The van der Waals surface area contributed by atoms with Gasteiger partial charge in [-0.3, -0.25) is 4.79 Å². The Balaban J connectivity index is 2.03. The lowest BCUT2D eigenvalue weighted by Crippen LogP contribution is -2.41. The van der Waals surface area contributed by atoms with Crippen molar-refractivity contribution in [2.75, 3.05) is 26.2 Å². The number of hydrogen-bond donors (Lipinski definition) is 1. The Labute approximate surface area is 96.5 Å². The van der Waals surface area contributed by atoms with Crippen molar-refractivity contribution in [3.8, 4) is 0 Å². The van der Waals surface area contributed by atoms with E-state index in [1.165, 1.54) is 5.56 Å². The largest absolute Gasteiger partial charge is 0.337 e. The first-order valence-corrected chi connectivity index (χ1v) is 5.91. The monoisotopic (exact) mass is 218 g/mol. The maximum atomic E-state index is 12.1. The number of rotatable bonds is 4. The van der Waals surface area contributed by atoms with Crippen LogP contribution in [0.2, 0.25) is 0 Å². The van der Waals surface area contributed by atoms with Crippen LogP contribution in [0.5, 0.6) is 0 Å². The van der Waals surface area contributed by atoms with Gasteiger partial charge in [-0.2, -0.15) is 0 Å². The molecule has 0 saturated carbocycles. The van der Waals surface area contributed by atoms with Gasteiger partial charge in [0.2, 0.25) is 0 Å². The van der Waals surface area contributed by atoms with Crippen molar-refractivity contribution in [3.05, 3.63) is 35.4 Å². The Morgan fingerprint density at radius 1 is 1.38 bits per heavy atom. The molecule has 0 aromatic heterocycles. The molecule has 1 aliphatic rings. The summed E-state index contributed by atoms with van der Waals surface area (Å²) in [5.41, 5.74) is 2.07. The van der Waals surface area contributed by atoms with Crippen molar-refractivity contribution >= 4 is 5.91 Å². The van der Waals surface area contributed by atoms with E-state index in [-0.39, 0.29) is 5.91 Å². The van der Waals surface area contributed by atoms with Crippen molar-refractivity contribution < 1.29 is 4.79 Å². The number of amides is 1. The number of likely N-dealkylation sites (N-methyl/N-ethyl adjacent to an activating group) is 1. The van der Waals surface area contributed by atoms with Crippen LogP contribution in [0.4, 0.5) is 0 Å². The second kappa shape index (κ2) is 5.12. The molecular formula is C13H18N2O. The molecule has 1 N–H and O–H groups in total. The number of fused-ring (bicyclic) bond motifs is 1. The average molecular weight is 218 g/mol. The molecule has 1 aromatic carbocycles. The first-order valence-electron chi connectivity index (χ1n) is 5.91. The molecular weight excluding hydrogens is 200 g/mol. The third-order valence-electron chi connectivity index (χ3n) is 2.99. The average Bonchev–Trinajstić information content (AvgIpc) is 2.33. The summed E-state index contributed by atoms with van der Waals surface area (Å²) in [6.07, 6.45) is 0.980. The summed E-state index contributed by atoms with van der Waals surface area (Å²) < 4.78 is 0. The van der Waals surface area contributed by atoms with Gasteiger partial charge < -0.3 is 10.2 Å². The molecule has 1 amide bonds. The topological polar surface area (TPSA) is 32.3 Å². The summed E-state index contributed by atoms with van der Waals surface area (Å²) in [4.78, 5) is 14.0. The number of benzene rings is 1. The summed E-state index contributed by atoms with van der Waals surface area (Å²) in [6.45, 7) is 5.57. The Morgan fingerprint density at radius 3 is 3.00 bits per heavy atom. The molecule has 3 nitrogen and oxygen atoms in total. The van der Waals surface area contributed by atoms with Gasteiger partial charge in [0, 0.05) is 25.2 Å². The van der Waals surface area contributed by atoms with Crippen LogP contribution in [-0.2, 0) is 6.42 Å². The van der Waals surface area contributed by atoms with Crippen LogP contribution in [0.15, 0.2) is 24.3 Å². The number of nitrogens with one attached hydrogen (secondary N) is 1. The molecule has 3 heteroatoms. The van der Waals surface area contributed by atoms with E-state index < -0.39 is 0 Å². The maximum Gasteiger partial charge on any atom is 0.254 e. The van der Waals surface area contributed by atoms with E-state index in [2.05, 4.69) is 18.3 Å². The number of hydrogen-bond acceptors (Lipinski definition) is 2. The predicted molar refractivity (Wildman–Crippen MR) is 64.6 cm³/mol. The van der Waals surface area contributed by atoms with Crippen molar-refractivity contribution in [3.63, 3.8) is 0 Å². The van der Waals surface area contributed by atoms with Gasteiger partial charge >= 0.3 is 0 Å². The van der Waals surface area contributed by atoms with Crippen molar-refractivity contribution in [2.45, 2.75) is 13.3 Å². The van der Waals surface area contributed by atoms with Crippen LogP contribution in [0, 0.1) is 0 Å². The zero-order valence-corrected chi connectivity index (χ0v) is 9.70. The van der Waals surface area contributed by atoms with Crippen LogP contribution < -0.4 is 5.32 Å². The van der Waals surface area contributed by atoms with Crippen molar-refractivity contribution in [1.29, 1.82) is 0 Å². The highest BCUT2D eigenvalue weighted by Gasteiger charge is 2.22. The lowest BCUT2D eigenvalue weighted by atomic mass is 9.99. The highest BCUT2D eigenvalue weighted by atomic mass is 16.2. The van der Waals surface area contributed by atoms with Crippen LogP contribution in [-0.4, -0.2) is 37.0 Å². The fraction of sp³-hybridized carbons (Fsp3) is 0.462. The highest BCUT2D eigenvalue weighted by molar-refractivity contribution is 5.96. The number of nitrogens with zero attached hydrogens (tertiary/aromatic N) is 1. The molecule has 86 valence electrons. The molecule has 0 aliphatic carbocycles. The van der Waals surface area contributed by atoms with Gasteiger partial charge in [-0.25, -0.2) is 0 Å². The van der Waals surface area contributed by atoms with Crippen LogP contribution in [0.3, 0.4) is 0 Å². The highest BCUT2D eigenvalue weighted by Crippen LogP contribution is 2.17. The molecule has 0 spiro atoms. The minimum absolute atomic E-state index is 0.180. The predicted octanol–water partition coefficient (Wildman–Crippen LogP) is 1.29. The Kier molecular flexibility index (Phi) is 3.57. The fourth-order valence-electron chi connectivity index (χ4n) is 2.08. The molecule has 0 radical (unpaired) electrons. The molecule has 2 rings (SSSR count). The second-order valence-electron chi connectivity index (χ2n) is 4.05. The van der Waals surface area contributed by atoms with Gasteiger partial charge in [0.05, 0.1) is 0 Å². The lowest BCUT2D eigenvalue weighted by Gasteiger charge is -2.28.